The first-order chi connectivity index (χ1) is 14.1. The number of aromatic nitrogens is 7. The van der Waals surface area contributed by atoms with Crippen LogP contribution in [0.5, 0.6) is 0 Å². The van der Waals surface area contributed by atoms with Gasteiger partial charge in [0.05, 0.1) is 60.4 Å². The van der Waals surface area contributed by atoms with Crippen molar-refractivity contribution in [2.45, 2.75) is 58.7 Å². The van der Waals surface area contributed by atoms with Crippen molar-refractivity contribution in [2.24, 2.45) is 0 Å². The monoisotopic (exact) mass is 393 g/mol. The molecular formula is C21H27N7O. The van der Waals surface area contributed by atoms with Gasteiger partial charge in [-0.15, -0.1) is 0 Å². The summed E-state index contributed by atoms with van der Waals surface area (Å²) in [4.78, 5) is 4.92. The largest absolute Gasteiger partial charge is 0.391 e. The Kier molecular flexibility index (Phi) is 5.44. The minimum Gasteiger partial charge on any atom is -0.391 e. The smallest absolute Gasteiger partial charge is 0.0999 e. The van der Waals surface area contributed by atoms with Gasteiger partial charge >= 0.3 is 0 Å². The first-order valence-corrected chi connectivity index (χ1v) is 10.2. The van der Waals surface area contributed by atoms with Gasteiger partial charge in [-0.3, -0.25) is 9.36 Å². The van der Waals surface area contributed by atoms with Crippen LogP contribution < -0.4 is 0 Å². The topological polar surface area (TPSA) is 86.1 Å². The van der Waals surface area contributed by atoms with E-state index in [1.807, 2.05) is 40.8 Å². The molecule has 0 aliphatic rings. The highest BCUT2D eigenvalue weighted by Crippen LogP contribution is 2.27. The summed E-state index contributed by atoms with van der Waals surface area (Å²) in [7, 11) is 0. The predicted molar refractivity (Wildman–Crippen MR) is 111 cm³/mol. The van der Waals surface area contributed by atoms with Gasteiger partial charge in [-0.2, -0.15) is 15.3 Å². The van der Waals surface area contributed by atoms with Gasteiger partial charge in [0.1, 0.15) is 0 Å². The molecular weight excluding hydrogens is 366 g/mol. The van der Waals surface area contributed by atoms with Crippen LogP contribution in [-0.4, -0.2) is 45.4 Å². The first kappa shape index (κ1) is 19.3. The quantitative estimate of drug-likeness (QED) is 0.494. The van der Waals surface area contributed by atoms with E-state index in [-0.39, 0.29) is 0 Å². The fraction of sp³-hybridized carbons (Fsp3) is 0.429. The molecule has 8 heteroatoms. The van der Waals surface area contributed by atoms with E-state index < -0.39 is 6.10 Å². The van der Waals surface area contributed by atoms with E-state index >= 15 is 0 Å². The van der Waals surface area contributed by atoms with Crippen LogP contribution in [0.15, 0.2) is 43.2 Å². The second-order valence-corrected chi connectivity index (χ2v) is 7.33. The number of aliphatic hydroxyl groups excluding tert-OH is 1. The summed E-state index contributed by atoms with van der Waals surface area (Å²) >= 11 is 0. The molecule has 4 aromatic rings. The van der Waals surface area contributed by atoms with Crippen LogP contribution >= 0.6 is 0 Å². The van der Waals surface area contributed by atoms with E-state index in [4.69, 9.17) is 4.98 Å². The van der Waals surface area contributed by atoms with Crippen molar-refractivity contribution in [1.82, 2.24) is 34.2 Å². The summed E-state index contributed by atoms with van der Waals surface area (Å²) in [6.07, 6.45) is 13.7. The minimum atomic E-state index is -0.407. The first-order valence-electron chi connectivity index (χ1n) is 10.2. The Balaban J connectivity index is 1.74. The van der Waals surface area contributed by atoms with E-state index in [1.165, 1.54) is 0 Å². The average molecular weight is 393 g/mol. The summed E-state index contributed by atoms with van der Waals surface area (Å²) in [6, 6.07) is 2.35. The Hall–Kier alpha value is -3.00. The molecule has 4 rings (SSSR count). The third-order valence-electron chi connectivity index (χ3n) is 5.38. The molecule has 152 valence electrons. The minimum absolute atomic E-state index is 0.385. The molecule has 0 amide bonds. The number of hydrogen-bond acceptors (Lipinski definition) is 5. The predicted octanol–water partition coefficient (Wildman–Crippen LogP) is 3.59. The number of aliphatic hydroxyl groups is 1. The van der Waals surface area contributed by atoms with Crippen molar-refractivity contribution in [1.29, 1.82) is 0 Å². The molecule has 1 unspecified atom stereocenters. The maximum atomic E-state index is 9.89. The maximum Gasteiger partial charge on any atom is 0.0999 e. The van der Waals surface area contributed by atoms with Crippen molar-refractivity contribution in [3.05, 3.63) is 43.2 Å². The van der Waals surface area contributed by atoms with Crippen LogP contribution in [0.25, 0.3) is 28.0 Å². The lowest BCUT2D eigenvalue weighted by Crippen LogP contribution is -2.14. The van der Waals surface area contributed by atoms with Gasteiger partial charge in [0, 0.05) is 23.5 Å². The summed E-state index contributed by atoms with van der Waals surface area (Å²) in [5.41, 5.74) is 4.42. The van der Waals surface area contributed by atoms with Gasteiger partial charge in [0.2, 0.25) is 0 Å². The second-order valence-electron chi connectivity index (χ2n) is 7.33. The Morgan fingerprint density at radius 3 is 2.48 bits per heavy atom. The van der Waals surface area contributed by atoms with Crippen molar-refractivity contribution in [3.63, 3.8) is 0 Å². The fourth-order valence-corrected chi connectivity index (χ4v) is 3.54. The van der Waals surface area contributed by atoms with Gasteiger partial charge in [-0.05, 0) is 25.3 Å². The zero-order valence-corrected chi connectivity index (χ0v) is 17.1. The standard InChI is InChI=1S/C21H27N7O/c1-4-17(5-2)27-12-16(10-24-27)21-20-7-8-22-28(20)14-19(25-21)15-9-23-26(11-15)13-18(29)6-3/h7-12,14,17-18,29H,4-6,13H2,1-3H3. The Labute approximate surface area is 169 Å². The SMILES string of the molecule is CCC(O)Cn1cc(-c2cn3nccc3c(-c3cnn(C(CC)CC)c3)n2)cn1. The molecule has 0 radical (unpaired) electrons. The molecule has 4 aromatic heterocycles. The van der Waals surface area contributed by atoms with Crippen LogP contribution in [-0.2, 0) is 6.54 Å². The molecule has 0 aromatic carbocycles. The van der Waals surface area contributed by atoms with Crippen molar-refractivity contribution in [3.8, 4) is 22.5 Å². The molecule has 1 N–H and O–H groups in total. The summed E-state index contributed by atoms with van der Waals surface area (Å²) in [5.74, 6) is 0. The molecule has 0 saturated heterocycles. The molecule has 0 aliphatic carbocycles. The van der Waals surface area contributed by atoms with E-state index in [0.717, 1.165) is 40.9 Å². The molecule has 0 fully saturated rings. The van der Waals surface area contributed by atoms with Crippen LogP contribution in [0.1, 0.15) is 46.1 Å². The molecule has 0 aliphatic heterocycles. The van der Waals surface area contributed by atoms with Crippen molar-refractivity contribution >= 4 is 5.52 Å². The molecule has 0 bridgehead atoms. The Bertz CT molecular complexity index is 1090. The second kappa shape index (κ2) is 8.16. The van der Waals surface area contributed by atoms with Crippen LogP contribution in [0.3, 0.4) is 0 Å². The van der Waals surface area contributed by atoms with Crippen LogP contribution in [0, 0.1) is 0 Å². The molecule has 1 atom stereocenters. The van der Waals surface area contributed by atoms with Crippen LogP contribution in [0.4, 0.5) is 0 Å². The normalized spacial score (nSPS) is 12.9. The summed E-state index contributed by atoms with van der Waals surface area (Å²) in [5, 5.41) is 23.2. The Morgan fingerprint density at radius 2 is 1.72 bits per heavy atom. The lowest BCUT2D eigenvalue weighted by molar-refractivity contribution is 0.145. The highest BCUT2D eigenvalue weighted by Gasteiger charge is 2.15. The molecule has 29 heavy (non-hydrogen) atoms. The zero-order valence-electron chi connectivity index (χ0n) is 17.1. The average Bonchev–Trinajstić information content (AvgIpc) is 3.48. The van der Waals surface area contributed by atoms with Gasteiger partial charge in [0.25, 0.3) is 0 Å². The molecule has 0 spiro atoms. The van der Waals surface area contributed by atoms with E-state index in [9.17, 15) is 5.11 Å². The van der Waals surface area contributed by atoms with Crippen molar-refractivity contribution in [2.75, 3.05) is 0 Å². The molecule has 4 heterocycles. The number of fused-ring (bicyclic) bond motifs is 1. The third kappa shape index (κ3) is 3.80. The molecule has 0 saturated carbocycles. The summed E-state index contributed by atoms with van der Waals surface area (Å²) in [6.45, 7) is 6.78. The molecule has 8 nitrogen and oxygen atoms in total. The maximum absolute atomic E-state index is 9.89. The van der Waals surface area contributed by atoms with E-state index in [0.29, 0.717) is 19.0 Å². The fourth-order valence-electron chi connectivity index (χ4n) is 3.54. The number of hydrogen-bond donors (Lipinski definition) is 1. The van der Waals surface area contributed by atoms with E-state index in [2.05, 4.69) is 35.3 Å². The van der Waals surface area contributed by atoms with E-state index in [1.54, 1.807) is 17.1 Å². The zero-order chi connectivity index (χ0) is 20.4. The van der Waals surface area contributed by atoms with Gasteiger partial charge in [-0.25, -0.2) is 9.50 Å². The lowest BCUT2D eigenvalue weighted by Gasteiger charge is -2.12. The Morgan fingerprint density at radius 1 is 0.931 bits per heavy atom. The van der Waals surface area contributed by atoms with Gasteiger partial charge < -0.3 is 5.11 Å². The van der Waals surface area contributed by atoms with Gasteiger partial charge in [-0.1, -0.05) is 20.8 Å². The number of rotatable bonds is 8. The highest BCUT2D eigenvalue weighted by atomic mass is 16.3. The third-order valence-corrected chi connectivity index (χ3v) is 5.38. The lowest BCUT2D eigenvalue weighted by atomic mass is 10.1. The van der Waals surface area contributed by atoms with Crippen molar-refractivity contribution < 1.29 is 5.11 Å². The van der Waals surface area contributed by atoms with Crippen LogP contribution in [0.2, 0.25) is 0 Å². The summed E-state index contributed by atoms with van der Waals surface area (Å²) < 4.78 is 5.62. The number of nitrogens with zero attached hydrogens (tertiary/aromatic N) is 7. The van der Waals surface area contributed by atoms with Gasteiger partial charge in [0.15, 0.2) is 0 Å². The highest BCUT2D eigenvalue weighted by molar-refractivity contribution is 5.78.